The maximum Gasteiger partial charge on any atom is 0.0269 e. The van der Waals surface area contributed by atoms with Gasteiger partial charge in [0.1, 0.15) is 0 Å². The molecule has 0 heterocycles. The molecule has 0 radical (unpaired) electrons. The van der Waals surface area contributed by atoms with Gasteiger partial charge in [0.25, 0.3) is 0 Å². The van der Waals surface area contributed by atoms with Crippen LogP contribution in [-0.2, 0) is 0 Å². The van der Waals surface area contributed by atoms with Crippen LogP contribution in [0.2, 0.25) is 0 Å². The molecule has 0 saturated carbocycles. The first-order valence-corrected chi connectivity index (χ1v) is 18.1. The van der Waals surface area contributed by atoms with Crippen LogP contribution in [0.4, 0.5) is 0 Å². The van der Waals surface area contributed by atoms with Crippen molar-refractivity contribution in [3.63, 3.8) is 0 Å². The molecule has 52 heavy (non-hydrogen) atoms. The van der Waals surface area contributed by atoms with Crippen molar-refractivity contribution in [3.05, 3.63) is 188 Å². The van der Waals surface area contributed by atoms with E-state index in [0.717, 1.165) is 33.4 Å². The lowest BCUT2D eigenvalue weighted by atomic mass is 9.91. The van der Waals surface area contributed by atoms with Crippen molar-refractivity contribution in [3.8, 4) is 33.4 Å². The van der Waals surface area contributed by atoms with Gasteiger partial charge in [-0.1, -0.05) is 144 Å². The van der Waals surface area contributed by atoms with Gasteiger partial charge in [0.05, 0.1) is 0 Å². The summed E-state index contributed by atoms with van der Waals surface area (Å²) in [6.45, 7) is 23.5. The normalized spacial score (nSPS) is 10.4. The average Bonchev–Trinajstić information content (AvgIpc) is 3.21. The van der Waals surface area contributed by atoms with Gasteiger partial charge in [-0.25, -0.2) is 0 Å². The van der Waals surface area contributed by atoms with Crippen LogP contribution in [0.25, 0.3) is 66.1 Å². The molecule has 0 bridgehead atoms. The molecule has 6 rings (SSSR count). The third-order valence-corrected chi connectivity index (χ3v) is 8.22. The summed E-state index contributed by atoms with van der Waals surface area (Å²) in [5.41, 5.74) is 14.4. The van der Waals surface area contributed by atoms with Gasteiger partial charge in [0.15, 0.2) is 0 Å². The van der Waals surface area contributed by atoms with Crippen molar-refractivity contribution in [2.24, 2.45) is 4.99 Å². The van der Waals surface area contributed by atoms with E-state index in [1.54, 1.807) is 7.05 Å². The first kappa shape index (κ1) is 40.4. The third kappa shape index (κ3) is 10.3. The molecule has 0 atom stereocenters. The van der Waals surface area contributed by atoms with E-state index in [4.69, 9.17) is 0 Å². The van der Waals surface area contributed by atoms with Gasteiger partial charge in [-0.15, -0.1) is 5.73 Å². The van der Waals surface area contributed by atoms with Crippen LogP contribution in [0.3, 0.4) is 0 Å². The molecule has 0 fully saturated rings. The van der Waals surface area contributed by atoms with E-state index in [9.17, 15) is 0 Å². The van der Waals surface area contributed by atoms with Gasteiger partial charge in [-0.3, -0.25) is 0 Å². The molecule has 0 N–H and O–H groups in total. The first-order chi connectivity index (χ1) is 25.5. The Morgan fingerprint density at radius 1 is 0.596 bits per heavy atom. The summed E-state index contributed by atoms with van der Waals surface area (Å²) in [6.07, 6.45) is 11.8. The zero-order valence-corrected chi connectivity index (χ0v) is 32.1. The fraction of sp³-hybridized carbons (Fsp3) is 0.137. The fourth-order valence-corrected chi connectivity index (χ4v) is 5.91. The number of hydrogen-bond acceptors (Lipinski definition) is 1. The van der Waals surface area contributed by atoms with Gasteiger partial charge < -0.3 is 4.99 Å². The second kappa shape index (κ2) is 21.3. The molecule has 0 aromatic heterocycles. The van der Waals surface area contributed by atoms with E-state index in [1.807, 2.05) is 71.9 Å². The number of hydrogen-bond donors (Lipinski definition) is 0. The summed E-state index contributed by atoms with van der Waals surface area (Å²) in [5.74, 6) is 0. The highest BCUT2D eigenvalue weighted by Crippen LogP contribution is 2.34. The minimum atomic E-state index is 0.972. The smallest absolute Gasteiger partial charge is 0.0269 e. The molecular formula is C51H53N. The van der Waals surface area contributed by atoms with Crippen LogP contribution in [0.1, 0.15) is 52.7 Å². The molecular weight excluding hydrogens is 627 g/mol. The molecule has 262 valence electrons. The summed E-state index contributed by atoms with van der Waals surface area (Å²) in [6, 6.07) is 44.1. The Labute approximate surface area is 313 Å². The van der Waals surface area contributed by atoms with Gasteiger partial charge >= 0.3 is 0 Å². The molecule has 1 nitrogen and oxygen atoms in total. The zero-order valence-electron chi connectivity index (χ0n) is 32.1. The average molecular weight is 680 g/mol. The second-order valence-corrected chi connectivity index (χ2v) is 11.5. The maximum atomic E-state index is 4.33. The highest BCUT2D eigenvalue weighted by atomic mass is 14.6. The largest absolute Gasteiger partial charge is 0.304 e. The number of benzene rings is 6. The fourth-order valence-electron chi connectivity index (χ4n) is 5.91. The topological polar surface area (TPSA) is 12.4 Å². The third-order valence-electron chi connectivity index (χ3n) is 8.22. The molecule has 0 aliphatic rings. The van der Waals surface area contributed by atoms with Gasteiger partial charge in [0.2, 0.25) is 0 Å². The lowest BCUT2D eigenvalue weighted by Crippen LogP contribution is -1.90. The van der Waals surface area contributed by atoms with Crippen LogP contribution < -0.4 is 0 Å². The number of rotatable bonds is 8. The summed E-state index contributed by atoms with van der Waals surface area (Å²) in [7, 11) is 1.64. The number of fused-ring (bicyclic) bond motifs is 3. The first-order valence-electron chi connectivity index (χ1n) is 18.1. The van der Waals surface area contributed by atoms with Crippen molar-refractivity contribution >= 4 is 39.4 Å². The number of nitrogens with zero attached hydrogens (tertiary/aromatic N) is 1. The molecule has 0 saturated heterocycles. The maximum absolute atomic E-state index is 4.33. The quantitative estimate of drug-likeness (QED) is 0.0657. The van der Waals surface area contributed by atoms with Crippen LogP contribution in [0.5, 0.6) is 0 Å². The second-order valence-electron chi connectivity index (χ2n) is 11.5. The molecule has 0 amide bonds. The predicted octanol–water partition coefficient (Wildman–Crippen LogP) is 15.3. The van der Waals surface area contributed by atoms with E-state index in [-0.39, 0.29) is 0 Å². The Morgan fingerprint density at radius 2 is 1.13 bits per heavy atom. The Balaban J connectivity index is 0.000000975. The highest BCUT2D eigenvalue weighted by molar-refractivity contribution is 6.08. The zero-order chi connectivity index (χ0) is 37.9. The molecule has 0 aliphatic carbocycles. The molecule has 0 spiro atoms. The molecule has 1 heteroatoms. The van der Waals surface area contributed by atoms with Crippen LogP contribution in [0.15, 0.2) is 182 Å². The van der Waals surface area contributed by atoms with Gasteiger partial charge in [-0.2, -0.15) is 0 Å². The minimum absolute atomic E-state index is 0.972. The van der Waals surface area contributed by atoms with Gasteiger partial charge in [-0.05, 0) is 152 Å². The van der Waals surface area contributed by atoms with E-state index < -0.39 is 0 Å². The van der Waals surface area contributed by atoms with Crippen LogP contribution in [0, 0.1) is 0 Å². The lowest BCUT2D eigenvalue weighted by Gasteiger charge is -2.13. The van der Waals surface area contributed by atoms with Crippen molar-refractivity contribution < 1.29 is 0 Å². The number of allylic oxidation sites excluding steroid dienone is 7. The standard InChI is InChI=1S/C45H36.C2H5N.2C2H6/c1-5-8-9-15-33(7-3)42-29-41(32(4)14-6-2)30-43(31-42)38-20-13-18-36(27-38)35-17-12-19-37(26-35)39-24-25-45-40(28-39)23-22-34-16-10-11-21-44(34)45;1-3-2;2*1-2/h5-7,9-31H,3-4H2,1-2H3;1H2,2H3;2*1-2H3/b14-6-,33-15+;;;. The molecule has 0 unspecified atom stereocenters. The van der Waals surface area contributed by atoms with Crippen molar-refractivity contribution in [1.82, 2.24) is 0 Å². The highest BCUT2D eigenvalue weighted by Gasteiger charge is 2.10. The van der Waals surface area contributed by atoms with Crippen molar-refractivity contribution in [2.45, 2.75) is 41.5 Å². The Kier molecular flexibility index (Phi) is 16.5. The SMILES string of the molecule is C=C/C(=C\C=C=CC)c1cc(C(=C)/C=C\C)cc(-c2cccc(-c3cccc(-c4ccc5c(ccc6ccccc65)c4)c3)c2)c1.C=NC.CC.CC. The summed E-state index contributed by atoms with van der Waals surface area (Å²) in [4.78, 5) is 3.25. The van der Waals surface area contributed by atoms with Crippen molar-refractivity contribution in [2.75, 3.05) is 7.05 Å². The van der Waals surface area contributed by atoms with Crippen LogP contribution in [-0.4, -0.2) is 13.8 Å². The van der Waals surface area contributed by atoms with Gasteiger partial charge in [0, 0.05) is 7.05 Å². The van der Waals surface area contributed by atoms with E-state index in [2.05, 4.69) is 158 Å². The monoisotopic (exact) mass is 679 g/mol. The lowest BCUT2D eigenvalue weighted by molar-refractivity contribution is 1.49. The van der Waals surface area contributed by atoms with E-state index in [0.29, 0.717) is 0 Å². The molecule has 0 aliphatic heterocycles. The minimum Gasteiger partial charge on any atom is -0.304 e. The summed E-state index contributed by atoms with van der Waals surface area (Å²) in [5, 5.41) is 5.10. The molecule has 6 aromatic rings. The Morgan fingerprint density at radius 3 is 1.73 bits per heavy atom. The number of aliphatic imine (C=N–C) groups is 1. The predicted molar refractivity (Wildman–Crippen MR) is 236 cm³/mol. The van der Waals surface area contributed by atoms with E-state index in [1.165, 1.54) is 43.8 Å². The summed E-state index contributed by atoms with van der Waals surface area (Å²) >= 11 is 0. The van der Waals surface area contributed by atoms with Crippen LogP contribution >= 0.6 is 0 Å². The Bertz CT molecular complexity index is 2250. The van der Waals surface area contributed by atoms with E-state index >= 15 is 0 Å². The summed E-state index contributed by atoms with van der Waals surface area (Å²) < 4.78 is 0. The van der Waals surface area contributed by atoms with Crippen molar-refractivity contribution in [1.29, 1.82) is 0 Å². The molecule has 6 aromatic carbocycles. The Hall–Kier alpha value is -6.01.